The summed E-state index contributed by atoms with van der Waals surface area (Å²) < 4.78 is 6.03. The summed E-state index contributed by atoms with van der Waals surface area (Å²) in [6.07, 6.45) is 0. The van der Waals surface area contributed by atoms with Gasteiger partial charge in [0.25, 0.3) is 0 Å². The Morgan fingerprint density at radius 1 is 0.789 bits per heavy atom. The van der Waals surface area contributed by atoms with E-state index in [2.05, 4.69) is 45.9 Å². The minimum atomic E-state index is 0.871. The molecule has 98 valence electrons. The highest BCUT2D eigenvalue weighted by Gasteiger charge is 2.00. The number of rotatable bonds is 2. The maximum atomic E-state index is 6.03. The van der Waals surface area contributed by atoms with Crippen LogP contribution in [0.1, 0.15) is 27.7 Å². The lowest BCUT2D eigenvalue weighted by atomic mass is 10.1. The number of ether oxygens (including phenoxy) is 1. The summed E-state index contributed by atoms with van der Waals surface area (Å²) in [4.78, 5) is 0. The maximum Gasteiger partial charge on any atom is 0.135 e. The van der Waals surface area contributed by atoms with Crippen LogP contribution >= 0.6 is 0 Å². The molecule has 0 radical (unpaired) electrons. The molecule has 0 N–H and O–H groups in total. The molecule has 1 nitrogen and oxygen atoms in total. The van der Waals surface area contributed by atoms with E-state index < -0.39 is 0 Å². The van der Waals surface area contributed by atoms with Crippen molar-refractivity contribution in [3.8, 4) is 11.5 Å². The van der Waals surface area contributed by atoms with E-state index in [4.69, 9.17) is 4.74 Å². The first-order valence-electron chi connectivity index (χ1n) is 6.56. The van der Waals surface area contributed by atoms with Gasteiger partial charge in [0.1, 0.15) is 11.5 Å². The third-order valence-corrected chi connectivity index (χ3v) is 3.07. The van der Waals surface area contributed by atoms with Gasteiger partial charge in [-0.15, -0.1) is 0 Å². The third kappa shape index (κ3) is 3.25. The molecular weight excluding hydrogens is 232 g/mol. The Morgan fingerprint density at radius 2 is 1.47 bits per heavy atom. The molecular formula is C18H20O. The maximum absolute atomic E-state index is 6.03. The Morgan fingerprint density at radius 3 is 2.05 bits per heavy atom. The van der Waals surface area contributed by atoms with Gasteiger partial charge < -0.3 is 4.74 Å². The topological polar surface area (TPSA) is 9.23 Å². The smallest absolute Gasteiger partial charge is 0.135 e. The van der Waals surface area contributed by atoms with E-state index in [1.807, 2.05) is 30.3 Å². The van der Waals surface area contributed by atoms with Gasteiger partial charge in [-0.1, -0.05) is 41.5 Å². The van der Waals surface area contributed by atoms with E-state index in [-0.39, 0.29) is 0 Å². The van der Waals surface area contributed by atoms with Crippen LogP contribution in [-0.4, -0.2) is 0 Å². The van der Waals surface area contributed by atoms with Gasteiger partial charge >= 0.3 is 0 Å². The molecule has 1 heteroatoms. The lowest BCUT2D eigenvalue weighted by molar-refractivity contribution is 0.478. The van der Waals surface area contributed by atoms with Gasteiger partial charge in [0.05, 0.1) is 0 Å². The molecule has 2 rings (SSSR count). The number of para-hydroxylation sites is 1. The SMILES string of the molecule is CC(C)=c1ccc(=C(C)C)c(Oc2ccccc2)c1. The zero-order chi connectivity index (χ0) is 13.8. The zero-order valence-corrected chi connectivity index (χ0v) is 12.0. The average Bonchev–Trinajstić information content (AvgIpc) is 2.39. The standard InChI is InChI=1S/C18H20O/c1-13(2)15-10-11-17(14(3)4)18(12-15)19-16-8-6-5-7-9-16/h5-12H,1-4H3. The van der Waals surface area contributed by atoms with Gasteiger partial charge in [0, 0.05) is 5.22 Å². The molecule has 2 aromatic rings. The predicted octanol–water partition coefficient (Wildman–Crippen LogP) is 3.86. The van der Waals surface area contributed by atoms with Gasteiger partial charge in [-0.05, 0) is 51.1 Å². The summed E-state index contributed by atoms with van der Waals surface area (Å²) in [5.41, 5.74) is 2.55. The van der Waals surface area contributed by atoms with Gasteiger partial charge in [-0.3, -0.25) is 0 Å². The van der Waals surface area contributed by atoms with E-state index in [0.29, 0.717) is 0 Å². The van der Waals surface area contributed by atoms with Crippen molar-refractivity contribution in [1.82, 2.24) is 0 Å². The lowest BCUT2D eigenvalue weighted by Gasteiger charge is -2.08. The average molecular weight is 252 g/mol. The molecule has 19 heavy (non-hydrogen) atoms. The van der Waals surface area contributed by atoms with Crippen molar-refractivity contribution < 1.29 is 4.74 Å². The normalized spacial score (nSPS) is 10.1. The van der Waals surface area contributed by atoms with E-state index >= 15 is 0 Å². The van der Waals surface area contributed by atoms with Crippen LogP contribution < -0.4 is 15.2 Å². The van der Waals surface area contributed by atoms with Crippen molar-refractivity contribution in [1.29, 1.82) is 0 Å². The Balaban J connectivity index is 2.58. The highest BCUT2D eigenvalue weighted by Crippen LogP contribution is 2.16. The Hall–Kier alpha value is -2.02. The van der Waals surface area contributed by atoms with Crippen molar-refractivity contribution in [2.45, 2.75) is 27.7 Å². The molecule has 0 unspecified atom stereocenters. The summed E-state index contributed by atoms with van der Waals surface area (Å²) in [7, 11) is 0. The van der Waals surface area contributed by atoms with Gasteiger partial charge in [-0.2, -0.15) is 0 Å². The fourth-order valence-electron chi connectivity index (χ4n) is 1.95. The summed E-state index contributed by atoms with van der Waals surface area (Å²) in [5.74, 6) is 1.79. The summed E-state index contributed by atoms with van der Waals surface area (Å²) in [6, 6.07) is 16.3. The van der Waals surface area contributed by atoms with Crippen molar-refractivity contribution in [2.75, 3.05) is 0 Å². The van der Waals surface area contributed by atoms with Gasteiger partial charge in [0.15, 0.2) is 0 Å². The van der Waals surface area contributed by atoms with Crippen LogP contribution in [0.5, 0.6) is 11.5 Å². The highest BCUT2D eigenvalue weighted by atomic mass is 16.5. The monoisotopic (exact) mass is 252 g/mol. The predicted molar refractivity (Wildman–Crippen MR) is 81.7 cm³/mol. The van der Waals surface area contributed by atoms with Gasteiger partial charge in [-0.25, -0.2) is 0 Å². The first kappa shape index (κ1) is 13.4. The Bertz CT molecular complexity index is 673. The quantitative estimate of drug-likeness (QED) is 0.788. The van der Waals surface area contributed by atoms with E-state index in [0.717, 1.165) is 16.7 Å². The van der Waals surface area contributed by atoms with Gasteiger partial charge in [0.2, 0.25) is 0 Å². The van der Waals surface area contributed by atoms with Crippen LogP contribution in [0.15, 0.2) is 48.5 Å². The molecule has 0 amide bonds. The first-order chi connectivity index (χ1) is 9.08. The second kappa shape index (κ2) is 5.75. The van der Waals surface area contributed by atoms with Crippen molar-refractivity contribution in [3.63, 3.8) is 0 Å². The molecule has 2 aromatic carbocycles. The van der Waals surface area contributed by atoms with Crippen LogP contribution in [0.4, 0.5) is 0 Å². The zero-order valence-electron chi connectivity index (χ0n) is 12.0. The Kier molecular flexibility index (Phi) is 4.06. The molecule has 0 spiro atoms. The van der Waals surface area contributed by atoms with Crippen molar-refractivity contribution >= 4 is 11.1 Å². The summed E-state index contributed by atoms with van der Waals surface area (Å²) in [5, 5.41) is 2.38. The minimum Gasteiger partial charge on any atom is -0.457 e. The van der Waals surface area contributed by atoms with E-state index in [1.165, 1.54) is 16.4 Å². The molecule has 0 saturated carbocycles. The molecule has 0 aliphatic rings. The van der Waals surface area contributed by atoms with E-state index in [1.54, 1.807) is 0 Å². The Labute approximate surface area is 114 Å². The molecule has 0 saturated heterocycles. The minimum absolute atomic E-state index is 0.871. The second-order valence-corrected chi connectivity index (χ2v) is 5.13. The first-order valence-corrected chi connectivity index (χ1v) is 6.56. The summed E-state index contributed by atoms with van der Waals surface area (Å²) >= 11 is 0. The third-order valence-electron chi connectivity index (χ3n) is 3.07. The number of benzene rings is 2. The molecule has 0 fully saturated rings. The molecule has 0 bridgehead atoms. The fraction of sp³-hybridized carbons (Fsp3) is 0.222. The summed E-state index contributed by atoms with van der Waals surface area (Å²) in [6.45, 7) is 8.44. The van der Waals surface area contributed by atoms with Crippen LogP contribution in [0.25, 0.3) is 11.1 Å². The number of hydrogen-bond acceptors (Lipinski definition) is 1. The van der Waals surface area contributed by atoms with Crippen LogP contribution in [0.3, 0.4) is 0 Å². The molecule has 0 aliphatic carbocycles. The molecule has 0 aliphatic heterocycles. The highest BCUT2D eigenvalue weighted by molar-refractivity contribution is 5.49. The lowest BCUT2D eigenvalue weighted by Crippen LogP contribution is -2.14. The van der Waals surface area contributed by atoms with E-state index in [9.17, 15) is 0 Å². The molecule has 0 heterocycles. The second-order valence-electron chi connectivity index (χ2n) is 5.13. The van der Waals surface area contributed by atoms with Crippen LogP contribution in [-0.2, 0) is 0 Å². The molecule has 0 aromatic heterocycles. The van der Waals surface area contributed by atoms with Crippen LogP contribution in [0.2, 0.25) is 0 Å². The fourth-order valence-corrected chi connectivity index (χ4v) is 1.95. The largest absolute Gasteiger partial charge is 0.457 e. The van der Waals surface area contributed by atoms with Crippen molar-refractivity contribution in [3.05, 3.63) is 59.0 Å². The van der Waals surface area contributed by atoms with Crippen molar-refractivity contribution in [2.24, 2.45) is 0 Å². The number of hydrogen-bond donors (Lipinski definition) is 0. The molecule has 0 atom stereocenters. The van der Waals surface area contributed by atoms with Crippen LogP contribution in [0, 0.1) is 0 Å².